The topological polar surface area (TPSA) is 50.2 Å². The molecule has 5 heteroatoms. The van der Waals surface area contributed by atoms with Crippen molar-refractivity contribution in [1.29, 1.82) is 0 Å². The highest BCUT2D eigenvalue weighted by molar-refractivity contribution is 8.01. The Kier molecular flexibility index (Phi) is 3.02. The van der Waals surface area contributed by atoms with Crippen molar-refractivity contribution in [3.8, 4) is 0 Å². The largest absolute Gasteiger partial charge is 0.480 e. The SMILES string of the molecule is Cc1csc(CC2(C(=O)O)CCCS2)n1. The van der Waals surface area contributed by atoms with Crippen LogP contribution in [0.1, 0.15) is 23.5 Å². The molecule has 1 N–H and O–H groups in total. The van der Waals surface area contributed by atoms with E-state index in [1.165, 1.54) is 0 Å². The zero-order valence-electron chi connectivity index (χ0n) is 8.52. The molecule has 1 saturated heterocycles. The van der Waals surface area contributed by atoms with Crippen LogP contribution in [0.5, 0.6) is 0 Å². The van der Waals surface area contributed by atoms with Crippen LogP contribution < -0.4 is 0 Å². The predicted octanol–water partition coefficient (Wildman–Crippen LogP) is 2.34. The van der Waals surface area contributed by atoms with Crippen molar-refractivity contribution in [2.45, 2.75) is 30.9 Å². The summed E-state index contributed by atoms with van der Waals surface area (Å²) in [5.41, 5.74) is 0.985. The number of carboxylic acid groups (broad SMARTS) is 1. The van der Waals surface area contributed by atoms with Crippen LogP contribution in [-0.2, 0) is 11.2 Å². The fraction of sp³-hybridized carbons (Fsp3) is 0.600. The number of thiazole rings is 1. The summed E-state index contributed by atoms with van der Waals surface area (Å²) in [7, 11) is 0. The van der Waals surface area contributed by atoms with Gasteiger partial charge in [-0.1, -0.05) is 0 Å². The highest BCUT2D eigenvalue weighted by Crippen LogP contribution is 2.41. The average Bonchev–Trinajstić information content (AvgIpc) is 2.77. The van der Waals surface area contributed by atoms with Crippen LogP contribution >= 0.6 is 23.1 Å². The van der Waals surface area contributed by atoms with Crippen molar-refractivity contribution in [1.82, 2.24) is 4.98 Å². The normalized spacial score (nSPS) is 25.7. The van der Waals surface area contributed by atoms with Gasteiger partial charge < -0.3 is 5.11 Å². The summed E-state index contributed by atoms with van der Waals surface area (Å²) >= 11 is 3.13. The number of rotatable bonds is 3. The molecule has 0 radical (unpaired) electrons. The van der Waals surface area contributed by atoms with Gasteiger partial charge in [0.25, 0.3) is 0 Å². The Labute approximate surface area is 96.9 Å². The molecule has 0 amide bonds. The number of carboxylic acids is 1. The van der Waals surface area contributed by atoms with E-state index in [9.17, 15) is 9.90 Å². The van der Waals surface area contributed by atoms with Crippen LogP contribution in [0, 0.1) is 6.92 Å². The highest BCUT2D eigenvalue weighted by Gasteiger charge is 2.42. The Morgan fingerprint density at radius 2 is 2.53 bits per heavy atom. The second-order valence-corrected chi connectivity index (χ2v) is 6.23. The molecule has 1 atom stereocenters. The van der Waals surface area contributed by atoms with E-state index in [-0.39, 0.29) is 0 Å². The number of thioether (sulfide) groups is 1. The number of aromatic nitrogens is 1. The Bertz CT molecular complexity index is 369. The van der Waals surface area contributed by atoms with Crippen LogP contribution in [0.15, 0.2) is 5.38 Å². The second kappa shape index (κ2) is 4.14. The van der Waals surface area contributed by atoms with E-state index in [0.29, 0.717) is 6.42 Å². The molecule has 1 aliphatic rings. The average molecular weight is 243 g/mol. The van der Waals surface area contributed by atoms with Gasteiger partial charge in [-0.05, 0) is 25.5 Å². The van der Waals surface area contributed by atoms with Crippen molar-refractivity contribution < 1.29 is 9.90 Å². The van der Waals surface area contributed by atoms with Crippen molar-refractivity contribution >= 4 is 29.1 Å². The van der Waals surface area contributed by atoms with E-state index in [1.807, 2.05) is 12.3 Å². The minimum atomic E-state index is -0.683. The summed E-state index contributed by atoms with van der Waals surface area (Å²) in [5.74, 6) is 0.272. The van der Waals surface area contributed by atoms with Gasteiger partial charge in [0.15, 0.2) is 0 Å². The minimum Gasteiger partial charge on any atom is -0.480 e. The number of carbonyl (C=O) groups is 1. The molecule has 2 rings (SSSR count). The molecule has 1 aliphatic heterocycles. The zero-order valence-corrected chi connectivity index (χ0v) is 10.2. The van der Waals surface area contributed by atoms with Crippen molar-refractivity contribution in [3.63, 3.8) is 0 Å². The summed E-state index contributed by atoms with van der Waals surface area (Å²) in [6, 6.07) is 0. The highest BCUT2D eigenvalue weighted by atomic mass is 32.2. The van der Waals surface area contributed by atoms with E-state index in [0.717, 1.165) is 29.3 Å². The fourth-order valence-corrected chi connectivity index (χ4v) is 4.12. The number of hydrogen-bond acceptors (Lipinski definition) is 4. The second-order valence-electron chi connectivity index (χ2n) is 3.81. The molecular formula is C10H13NO2S2. The summed E-state index contributed by atoms with van der Waals surface area (Å²) in [6.45, 7) is 1.94. The Morgan fingerprint density at radius 1 is 1.73 bits per heavy atom. The quantitative estimate of drug-likeness (QED) is 0.885. The molecular weight excluding hydrogens is 230 g/mol. The van der Waals surface area contributed by atoms with Crippen molar-refractivity contribution in [2.24, 2.45) is 0 Å². The van der Waals surface area contributed by atoms with E-state index in [1.54, 1.807) is 23.1 Å². The molecule has 0 saturated carbocycles. The predicted molar refractivity (Wildman–Crippen MR) is 62.6 cm³/mol. The third-order valence-corrected chi connectivity index (χ3v) is 5.13. The van der Waals surface area contributed by atoms with Gasteiger partial charge in [-0.3, -0.25) is 4.79 Å². The first-order valence-electron chi connectivity index (χ1n) is 4.91. The van der Waals surface area contributed by atoms with Gasteiger partial charge in [-0.2, -0.15) is 0 Å². The minimum absolute atomic E-state index is 0.575. The fourth-order valence-electron chi connectivity index (χ4n) is 1.81. The number of aryl methyl sites for hydroxylation is 1. The molecule has 1 fully saturated rings. The van der Waals surface area contributed by atoms with Gasteiger partial charge in [0.05, 0.1) is 5.01 Å². The lowest BCUT2D eigenvalue weighted by Crippen LogP contribution is -2.34. The molecule has 0 aromatic carbocycles. The molecule has 0 bridgehead atoms. The zero-order chi connectivity index (χ0) is 10.9. The monoisotopic (exact) mass is 243 g/mol. The van der Waals surface area contributed by atoms with Crippen LogP contribution in [-0.4, -0.2) is 26.6 Å². The van der Waals surface area contributed by atoms with Crippen LogP contribution in [0.3, 0.4) is 0 Å². The van der Waals surface area contributed by atoms with E-state index in [4.69, 9.17) is 0 Å². The Balaban J connectivity index is 2.17. The van der Waals surface area contributed by atoms with Crippen LogP contribution in [0.25, 0.3) is 0 Å². The summed E-state index contributed by atoms with van der Waals surface area (Å²) in [6.07, 6.45) is 2.35. The standard InChI is InChI=1S/C10H13NO2S2/c1-7-6-14-8(11-7)5-10(9(12)13)3-2-4-15-10/h6H,2-5H2,1H3,(H,12,13). The van der Waals surface area contributed by atoms with Gasteiger partial charge in [0.2, 0.25) is 0 Å². The van der Waals surface area contributed by atoms with Crippen molar-refractivity contribution in [2.75, 3.05) is 5.75 Å². The third kappa shape index (κ3) is 2.18. The lowest BCUT2D eigenvalue weighted by Gasteiger charge is -2.21. The molecule has 1 aromatic heterocycles. The lowest BCUT2D eigenvalue weighted by atomic mass is 10.00. The van der Waals surface area contributed by atoms with Gasteiger partial charge in [-0.15, -0.1) is 23.1 Å². The first kappa shape index (κ1) is 11.0. The van der Waals surface area contributed by atoms with E-state index in [2.05, 4.69) is 4.98 Å². The first-order valence-corrected chi connectivity index (χ1v) is 6.77. The van der Waals surface area contributed by atoms with E-state index >= 15 is 0 Å². The molecule has 0 aliphatic carbocycles. The maximum absolute atomic E-state index is 11.3. The van der Waals surface area contributed by atoms with Crippen molar-refractivity contribution in [3.05, 3.63) is 16.1 Å². The summed E-state index contributed by atoms with van der Waals surface area (Å²) in [4.78, 5) is 15.6. The molecule has 82 valence electrons. The maximum Gasteiger partial charge on any atom is 0.320 e. The first-order chi connectivity index (χ1) is 7.12. The van der Waals surface area contributed by atoms with Crippen LogP contribution in [0.2, 0.25) is 0 Å². The smallest absolute Gasteiger partial charge is 0.320 e. The Hall–Kier alpha value is -0.550. The molecule has 1 aromatic rings. The van der Waals surface area contributed by atoms with Gasteiger partial charge in [0, 0.05) is 17.5 Å². The van der Waals surface area contributed by atoms with E-state index < -0.39 is 10.7 Å². The number of hydrogen-bond donors (Lipinski definition) is 1. The Morgan fingerprint density at radius 3 is 3.00 bits per heavy atom. The van der Waals surface area contributed by atoms with Gasteiger partial charge in [0.1, 0.15) is 4.75 Å². The van der Waals surface area contributed by atoms with Gasteiger partial charge in [-0.25, -0.2) is 4.98 Å². The molecule has 3 nitrogen and oxygen atoms in total. The molecule has 1 unspecified atom stereocenters. The molecule has 0 spiro atoms. The number of nitrogens with zero attached hydrogens (tertiary/aromatic N) is 1. The maximum atomic E-state index is 11.3. The third-order valence-electron chi connectivity index (χ3n) is 2.60. The lowest BCUT2D eigenvalue weighted by molar-refractivity contribution is -0.139. The number of aliphatic carboxylic acids is 1. The van der Waals surface area contributed by atoms with Gasteiger partial charge >= 0.3 is 5.97 Å². The summed E-state index contributed by atoms with van der Waals surface area (Å²) < 4.78 is -0.607. The molecule has 15 heavy (non-hydrogen) atoms. The molecule has 2 heterocycles. The van der Waals surface area contributed by atoms with Crippen LogP contribution in [0.4, 0.5) is 0 Å². The summed E-state index contributed by atoms with van der Waals surface area (Å²) in [5, 5.41) is 12.2.